The number of ether oxygens (including phenoxy) is 1. The van der Waals surface area contributed by atoms with Crippen molar-refractivity contribution in [3.63, 3.8) is 0 Å². The predicted molar refractivity (Wildman–Crippen MR) is 122 cm³/mol. The fraction of sp³-hybridized carbons (Fsp3) is 0.423. The van der Waals surface area contributed by atoms with Crippen molar-refractivity contribution in [2.24, 2.45) is 11.8 Å². The average Bonchev–Trinajstić information content (AvgIpc) is 3.49. The van der Waals surface area contributed by atoms with E-state index < -0.39 is 17.6 Å². The van der Waals surface area contributed by atoms with Crippen LogP contribution in [0.4, 0.5) is 4.79 Å². The van der Waals surface area contributed by atoms with Crippen LogP contribution in [-0.4, -0.2) is 53.7 Å². The first-order valence-corrected chi connectivity index (χ1v) is 11.5. The molecule has 3 aliphatic rings. The number of amides is 2. The van der Waals surface area contributed by atoms with Crippen LogP contribution < -0.4 is 5.32 Å². The highest BCUT2D eigenvalue weighted by atomic mass is 16.5. The highest BCUT2D eigenvalue weighted by Crippen LogP contribution is 2.45. The summed E-state index contributed by atoms with van der Waals surface area (Å²) in [7, 11) is 1.59. The summed E-state index contributed by atoms with van der Waals surface area (Å²) in [6.45, 7) is 0.595. The van der Waals surface area contributed by atoms with Gasteiger partial charge in [0.2, 0.25) is 5.91 Å². The molecule has 0 bridgehead atoms. The number of aliphatic carboxylic acids is 1. The van der Waals surface area contributed by atoms with E-state index in [2.05, 4.69) is 29.6 Å². The molecular formula is C26H28N2O5. The third kappa shape index (κ3) is 3.65. The zero-order valence-corrected chi connectivity index (χ0v) is 18.6. The first kappa shape index (κ1) is 21.5. The van der Waals surface area contributed by atoms with E-state index in [1.54, 1.807) is 7.05 Å². The van der Waals surface area contributed by atoms with E-state index in [4.69, 9.17) is 4.74 Å². The Morgan fingerprint density at radius 3 is 2.21 bits per heavy atom. The lowest BCUT2D eigenvalue weighted by molar-refractivity contribution is -0.164. The molecule has 0 saturated heterocycles. The Labute approximate surface area is 192 Å². The highest BCUT2D eigenvalue weighted by Gasteiger charge is 2.54. The number of likely N-dealkylation sites (N-methyl/N-ethyl adjacent to an activating group) is 1. The number of carbonyl (C=O) groups excluding carboxylic acids is 2. The van der Waals surface area contributed by atoms with Crippen molar-refractivity contribution in [2.45, 2.75) is 37.1 Å². The first-order valence-electron chi connectivity index (χ1n) is 11.5. The van der Waals surface area contributed by atoms with Gasteiger partial charge in [-0.2, -0.15) is 0 Å². The second-order valence-electron chi connectivity index (χ2n) is 9.40. The summed E-state index contributed by atoms with van der Waals surface area (Å²) in [6.07, 6.45) is 1.98. The van der Waals surface area contributed by atoms with Crippen molar-refractivity contribution in [1.29, 1.82) is 0 Å². The van der Waals surface area contributed by atoms with Gasteiger partial charge < -0.3 is 20.1 Å². The molecule has 2 fully saturated rings. The molecule has 2 saturated carbocycles. The lowest BCUT2D eigenvalue weighted by Gasteiger charge is -2.45. The summed E-state index contributed by atoms with van der Waals surface area (Å²) in [5.41, 5.74) is 3.62. The lowest BCUT2D eigenvalue weighted by atomic mass is 9.75. The maximum atomic E-state index is 12.8. The quantitative estimate of drug-likeness (QED) is 0.674. The van der Waals surface area contributed by atoms with Crippen molar-refractivity contribution < 1.29 is 24.2 Å². The van der Waals surface area contributed by atoms with Crippen molar-refractivity contribution >= 4 is 18.0 Å². The molecule has 172 valence electrons. The van der Waals surface area contributed by atoms with Crippen molar-refractivity contribution in [3.8, 4) is 11.1 Å². The van der Waals surface area contributed by atoms with E-state index in [0.29, 0.717) is 25.8 Å². The molecule has 0 aromatic heterocycles. The molecule has 2 atom stereocenters. The van der Waals surface area contributed by atoms with Gasteiger partial charge in [0.05, 0.1) is 0 Å². The Bertz CT molecular complexity index is 1060. The van der Waals surface area contributed by atoms with E-state index in [1.807, 2.05) is 24.3 Å². The standard InChI is InChI=1S/C26H28N2O5/c1-28(26(24(30)31)11-6-12-26)23(29)21-13-16(21)14-27-25(32)33-15-22-19-9-4-2-7-17(19)18-8-3-5-10-20(18)22/h2-5,7-10,16,21-22H,6,11-15H2,1H3,(H,27,32)(H,30,31)/t16-,21-/m0/s1. The molecule has 5 rings (SSSR count). The van der Waals surface area contributed by atoms with E-state index in [-0.39, 0.29) is 30.3 Å². The van der Waals surface area contributed by atoms with Crippen LogP contribution in [0, 0.1) is 11.8 Å². The van der Waals surface area contributed by atoms with Gasteiger partial charge in [-0.1, -0.05) is 48.5 Å². The van der Waals surface area contributed by atoms with Gasteiger partial charge >= 0.3 is 12.1 Å². The molecule has 0 heterocycles. The van der Waals surface area contributed by atoms with Crippen LogP contribution in [0.25, 0.3) is 11.1 Å². The average molecular weight is 449 g/mol. The SMILES string of the molecule is CN(C(=O)[C@H]1C[C@H]1CNC(=O)OCC1c2ccccc2-c2ccccc21)C1(C(=O)O)CCC1. The maximum Gasteiger partial charge on any atom is 0.407 e. The van der Waals surface area contributed by atoms with Gasteiger partial charge in [0.1, 0.15) is 12.1 Å². The van der Waals surface area contributed by atoms with Gasteiger partial charge in [-0.05, 0) is 53.9 Å². The van der Waals surface area contributed by atoms with Crippen molar-refractivity contribution in [3.05, 3.63) is 59.7 Å². The van der Waals surface area contributed by atoms with Crippen LogP contribution >= 0.6 is 0 Å². The van der Waals surface area contributed by atoms with E-state index in [0.717, 1.165) is 17.5 Å². The van der Waals surface area contributed by atoms with Gasteiger partial charge in [-0.15, -0.1) is 0 Å². The summed E-state index contributed by atoms with van der Waals surface area (Å²) in [5.74, 6) is -1.29. The molecule has 0 radical (unpaired) electrons. The molecule has 2 aromatic rings. The molecule has 2 N–H and O–H groups in total. The predicted octanol–water partition coefficient (Wildman–Crippen LogP) is 3.63. The molecule has 33 heavy (non-hydrogen) atoms. The molecule has 7 heteroatoms. The minimum absolute atomic E-state index is 0.00161. The number of carboxylic acid groups (broad SMARTS) is 1. The fourth-order valence-electron chi connectivity index (χ4n) is 5.30. The third-order valence-corrected chi connectivity index (χ3v) is 7.64. The molecule has 2 amide bonds. The molecule has 0 spiro atoms. The minimum atomic E-state index is -1.05. The smallest absolute Gasteiger partial charge is 0.407 e. The molecule has 0 aliphatic heterocycles. The minimum Gasteiger partial charge on any atom is -0.479 e. The second kappa shape index (κ2) is 8.21. The number of benzene rings is 2. The zero-order chi connectivity index (χ0) is 23.2. The lowest BCUT2D eigenvalue weighted by Crippen LogP contribution is -2.60. The molecule has 3 aliphatic carbocycles. The van der Waals surface area contributed by atoms with Crippen LogP contribution in [0.5, 0.6) is 0 Å². The molecule has 2 aromatic carbocycles. The highest BCUT2D eigenvalue weighted by molar-refractivity contribution is 5.90. The van der Waals surface area contributed by atoms with E-state index >= 15 is 0 Å². The van der Waals surface area contributed by atoms with Crippen LogP contribution in [0.3, 0.4) is 0 Å². The summed E-state index contributed by atoms with van der Waals surface area (Å²) < 4.78 is 5.55. The number of hydrogen-bond acceptors (Lipinski definition) is 4. The molecule has 7 nitrogen and oxygen atoms in total. The fourth-order valence-corrected chi connectivity index (χ4v) is 5.30. The van der Waals surface area contributed by atoms with Gasteiger partial charge in [0.25, 0.3) is 0 Å². The zero-order valence-electron chi connectivity index (χ0n) is 18.6. The first-order chi connectivity index (χ1) is 15.9. The monoisotopic (exact) mass is 448 g/mol. The van der Waals surface area contributed by atoms with Gasteiger partial charge in [-0.25, -0.2) is 9.59 Å². The number of nitrogens with one attached hydrogen (secondary N) is 1. The topological polar surface area (TPSA) is 95.9 Å². The van der Waals surface area contributed by atoms with Crippen molar-refractivity contribution in [2.75, 3.05) is 20.2 Å². The summed E-state index contributed by atoms with van der Waals surface area (Å²) in [5, 5.41) is 12.3. The van der Waals surface area contributed by atoms with E-state index in [1.165, 1.54) is 16.0 Å². The van der Waals surface area contributed by atoms with Crippen molar-refractivity contribution in [1.82, 2.24) is 10.2 Å². The Morgan fingerprint density at radius 1 is 1.06 bits per heavy atom. The maximum absolute atomic E-state index is 12.8. The Balaban J connectivity index is 1.12. The number of carboxylic acids is 1. The Kier molecular flexibility index (Phi) is 5.35. The summed E-state index contributed by atoms with van der Waals surface area (Å²) >= 11 is 0. The van der Waals surface area contributed by atoms with E-state index in [9.17, 15) is 19.5 Å². The van der Waals surface area contributed by atoms with Crippen LogP contribution in [0.15, 0.2) is 48.5 Å². The van der Waals surface area contributed by atoms with Gasteiger partial charge in [0.15, 0.2) is 0 Å². The Hall–Kier alpha value is -3.35. The third-order valence-electron chi connectivity index (χ3n) is 7.64. The number of fused-ring (bicyclic) bond motifs is 3. The number of alkyl carbamates (subject to hydrolysis) is 1. The molecule has 0 unspecified atom stereocenters. The van der Waals surface area contributed by atoms with Crippen LogP contribution in [0.1, 0.15) is 42.7 Å². The number of nitrogens with zero attached hydrogens (tertiary/aromatic N) is 1. The normalized spacial score (nSPS) is 21.8. The van der Waals surface area contributed by atoms with Gasteiger partial charge in [-0.3, -0.25) is 4.79 Å². The van der Waals surface area contributed by atoms with Crippen LogP contribution in [-0.2, 0) is 14.3 Å². The largest absolute Gasteiger partial charge is 0.479 e. The Morgan fingerprint density at radius 2 is 1.67 bits per heavy atom. The molecular weight excluding hydrogens is 420 g/mol. The second-order valence-corrected chi connectivity index (χ2v) is 9.40. The number of rotatable bonds is 7. The van der Waals surface area contributed by atoms with Gasteiger partial charge in [0, 0.05) is 25.4 Å². The summed E-state index contributed by atoms with van der Waals surface area (Å²) in [6, 6.07) is 16.4. The van der Waals surface area contributed by atoms with Crippen LogP contribution in [0.2, 0.25) is 0 Å². The number of carbonyl (C=O) groups is 3. The summed E-state index contributed by atoms with van der Waals surface area (Å²) in [4.78, 5) is 38.2. The number of hydrogen-bond donors (Lipinski definition) is 2.